The van der Waals surface area contributed by atoms with Gasteiger partial charge in [-0.25, -0.2) is 0 Å². The molecule has 6 heteroatoms. The number of alkyl halides is 3. The van der Waals surface area contributed by atoms with Crippen LogP contribution in [-0.2, 0) is 17.4 Å². The molecule has 0 heterocycles. The molecule has 0 fully saturated rings. The number of amides is 1. The average Bonchev–Trinajstić information content (AvgIpc) is 2.29. The minimum absolute atomic E-state index is 0.126. The van der Waals surface area contributed by atoms with Crippen molar-refractivity contribution in [1.82, 2.24) is 5.32 Å². The minimum Gasteiger partial charge on any atom is -0.326 e. The van der Waals surface area contributed by atoms with Gasteiger partial charge in [0.15, 0.2) is 0 Å². The molecule has 0 atom stereocenters. The van der Waals surface area contributed by atoms with Gasteiger partial charge in [-0.2, -0.15) is 13.2 Å². The van der Waals surface area contributed by atoms with Crippen LogP contribution >= 0.6 is 0 Å². The van der Waals surface area contributed by atoms with Crippen LogP contribution in [0.2, 0.25) is 0 Å². The van der Waals surface area contributed by atoms with Gasteiger partial charge in [0, 0.05) is 6.92 Å². The van der Waals surface area contributed by atoms with E-state index < -0.39 is 17.6 Å². The van der Waals surface area contributed by atoms with E-state index in [1.54, 1.807) is 13.1 Å². The topological polar surface area (TPSA) is 41.1 Å². The zero-order chi connectivity index (χ0) is 14.5. The fourth-order valence-corrected chi connectivity index (χ4v) is 1.82. The molecular weight excluding hydrogens is 257 g/mol. The summed E-state index contributed by atoms with van der Waals surface area (Å²) in [5.74, 6) is -0.508. The summed E-state index contributed by atoms with van der Waals surface area (Å²) in [5.41, 5.74) is -0.427. The second-order valence-electron chi connectivity index (χ2n) is 4.23. The molecule has 0 bridgehead atoms. The number of rotatable bonds is 5. The lowest BCUT2D eigenvalue weighted by Crippen LogP contribution is -2.16. The molecule has 0 unspecified atom stereocenters. The van der Waals surface area contributed by atoms with Crippen LogP contribution in [0, 0.1) is 0 Å². The molecule has 1 amide bonds. The zero-order valence-corrected chi connectivity index (χ0v) is 10.9. The first-order chi connectivity index (χ1) is 8.86. The number of nitrogens with one attached hydrogen (secondary N) is 2. The van der Waals surface area contributed by atoms with Crippen LogP contribution in [0.4, 0.5) is 18.9 Å². The summed E-state index contributed by atoms with van der Waals surface area (Å²) < 4.78 is 38.7. The Kier molecular flexibility index (Phi) is 5.35. The van der Waals surface area contributed by atoms with E-state index in [-0.39, 0.29) is 5.69 Å². The standard InChI is InChI=1S/C13H17F3N2O/c1-9(19)18-12-10(6-4-8-17-2)5-3-7-11(12)13(14,15)16/h3,5,7,17H,4,6,8H2,1-2H3,(H,18,19). The van der Waals surface area contributed by atoms with Crippen LogP contribution in [-0.4, -0.2) is 19.5 Å². The highest BCUT2D eigenvalue weighted by Gasteiger charge is 2.34. The molecule has 0 aliphatic rings. The third kappa shape index (κ3) is 4.55. The predicted octanol–water partition coefficient (Wildman–Crippen LogP) is 2.82. The van der Waals surface area contributed by atoms with Gasteiger partial charge < -0.3 is 10.6 Å². The first-order valence-corrected chi connectivity index (χ1v) is 5.97. The van der Waals surface area contributed by atoms with Gasteiger partial charge in [0.05, 0.1) is 11.3 Å². The Morgan fingerprint density at radius 1 is 1.32 bits per heavy atom. The van der Waals surface area contributed by atoms with Gasteiger partial charge in [-0.1, -0.05) is 12.1 Å². The highest BCUT2D eigenvalue weighted by atomic mass is 19.4. The maximum absolute atomic E-state index is 12.9. The second kappa shape index (κ2) is 6.56. The maximum Gasteiger partial charge on any atom is 0.418 e. The van der Waals surface area contributed by atoms with E-state index in [9.17, 15) is 18.0 Å². The number of para-hydroxylation sites is 1. The summed E-state index contributed by atoms with van der Waals surface area (Å²) >= 11 is 0. The monoisotopic (exact) mass is 274 g/mol. The van der Waals surface area contributed by atoms with Gasteiger partial charge in [0.2, 0.25) is 5.91 Å². The van der Waals surface area contributed by atoms with Crippen molar-refractivity contribution in [3.8, 4) is 0 Å². The normalized spacial score (nSPS) is 11.4. The van der Waals surface area contributed by atoms with E-state index in [4.69, 9.17) is 0 Å². The fraction of sp³-hybridized carbons (Fsp3) is 0.462. The average molecular weight is 274 g/mol. The molecule has 0 aromatic heterocycles. The van der Waals surface area contributed by atoms with E-state index in [0.717, 1.165) is 6.07 Å². The number of carbonyl (C=O) groups excluding carboxylic acids is 1. The molecule has 0 saturated heterocycles. The van der Waals surface area contributed by atoms with Crippen LogP contribution in [0.3, 0.4) is 0 Å². The molecule has 1 aromatic carbocycles. The van der Waals surface area contributed by atoms with Crippen molar-refractivity contribution in [2.24, 2.45) is 0 Å². The molecule has 3 nitrogen and oxygen atoms in total. The van der Waals surface area contributed by atoms with E-state index in [2.05, 4.69) is 10.6 Å². The van der Waals surface area contributed by atoms with Crippen molar-refractivity contribution >= 4 is 11.6 Å². The smallest absolute Gasteiger partial charge is 0.326 e. The van der Waals surface area contributed by atoms with E-state index in [1.807, 2.05) is 0 Å². The number of aryl methyl sites for hydroxylation is 1. The van der Waals surface area contributed by atoms with E-state index in [0.29, 0.717) is 24.9 Å². The van der Waals surface area contributed by atoms with Gasteiger partial charge in [-0.15, -0.1) is 0 Å². The Balaban J connectivity index is 3.11. The quantitative estimate of drug-likeness (QED) is 0.811. The SMILES string of the molecule is CNCCCc1cccc(C(F)(F)F)c1NC(C)=O. The fourth-order valence-electron chi connectivity index (χ4n) is 1.82. The summed E-state index contributed by atoms with van der Waals surface area (Å²) in [5, 5.41) is 5.23. The summed E-state index contributed by atoms with van der Waals surface area (Å²) in [6.07, 6.45) is -3.30. The van der Waals surface area contributed by atoms with Crippen molar-refractivity contribution in [2.45, 2.75) is 25.9 Å². The maximum atomic E-state index is 12.9. The van der Waals surface area contributed by atoms with Crippen molar-refractivity contribution in [3.63, 3.8) is 0 Å². The lowest BCUT2D eigenvalue weighted by atomic mass is 10.0. The molecule has 0 spiro atoms. The van der Waals surface area contributed by atoms with Gasteiger partial charge >= 0.3 is 6.18 Å². The molecule has 1 aromatic rings. The third-order valence-corrected chi connectivity index (χ3v) is 2.63. The van der Waals surface area contributed by atoms with Gasteiger partial charge in [-0.05, 0) is 38.1 Å². The van der Waals surface area contributed by atoms with E-state index in [1.165, 1.54) is 13.0 Å². The van der Waals surface area contributed by atoms with Crippen LogP contribution < -0.4 is 10.6 Å². The number of hydrogen-bond acceptors (Lipinski definition) is 2. The molecule has 2 N–H and O–H groups in total. The van der Waals surface area contributed by atoms with Gasteiger partial charge in [0.25, 0.3) is 0 Å². The zero-order valence-electron chi connectivity index (χ0n) is 10.9. The highest BCUT2D eigenvalue weighted by molar-refractivity contribution is 5.90. The molecular formula is C13H17F3N2O. The number of carbonyl (C=O) groups is 1. The Morgan fingerprint density at radius 3 is 2.53 bits per heavy atom. The number of halogens is 3. The Bertz CT molecular complexity index is 444. The Morgan fingerprint density at radius 2 is 2.00 bits per heavy atom. The number of hydrogen-bond donors (Lipinski definition) is 2. The number of anilines is 1. The summed E-state index contributed by atoms with van der Waals surface area (Å²) in [7, 11) is 1.78. The van der Waals surface area contributed by atoms with Crippen LogP contribution in [0.1, 0.15) is 24.5 Å². The predicted molar refractivity (Wildman–Crippen MR) is 68.0 cm³/mol. The van der Waals surface area contributed by atoms with Crippen LogP contribution in [0.5, 0.6) is 0 Å². The third-order valence-electron chi connectivity index (χ3n) is 2.63. The lowest BCUT2D eigenvalue weighted by molar-refractivity contribution is -0.137. The first kappa shape index (κ1) is 15.5. The van der Waals surface area contributed by atoms with Crippen molar-refractivity contribution < 1.29 is 18.0 Å². The van der Waals surface area contributed by atoms with E-state index >= 15 is 0 Å². The molecule has 19 heavy (non-hydrogen) atoms. The van der Waals surface area contributed by atoms with Gasteiger partial charge in [-0.3, -0.25) is 4.79 Å². The summed E-state index contributed by atoms with van der Waals surface area (Å²) in [6, 6.07) is 3.95. The van der Waals surface area contributed by atoms with Crippen LogP contribution in [0.25, 0.3) is 0 Å². The minimum atomic E-state index is -4.48. The first-order valence-electron chi connectivity index (χ1n) is 5.97. The van der Waals surface area contributed by atoms with Crippen molar-refractivity contribution in [2.75, 3.05) is 18.9 Å². The van der Waals surface area contributed by atoms with Crippen LogP contribution in [0.15, 0.2) is 18.2 Å². The molecule has 1 rings (SSSR count). The van der Waals surface area contributed by atoms with Crippen molar-refractivity contribution in [3.05, 3.63) is 29.3 Å². The Hall–Kier alpha value is -1.56. The van der Waals surface area contributed by atoms with Gasteiger partial charge in [0.1, 0.15) is 0 Å². The molecule has 0 saturated carbocycles. The number of benzene rings is 1. The lowest BCUT2D eigenvalue weighted by Gasteiger charge is -2.17. The molecule has 0 aliphatic carbocycles. The summed E-state index contributed by atoms with van der Waals surface area (Å²) in [6.45, 7) is 1.90. The highest BCUT2D eigenvalue weighted by Crippen LogP contribution is 2.37. The molecule has 0 aliphatic heterocycles. The second-order valence-corrected chi connectivity index (χ2v) is 4.23. The molecule has 106 valence electrons. The largest absolute Gasteiger partial charge is 0.418 e. The Labute approximate surface area is 110 Å². The van der Waals surface area contributed by atoms with Crippen molar-refractivity contribution in [1.29, 1.82) is 0 Å². The summed E-state index contributed by atoms with van der Waals surface area (Å²) in [4.78, 5) is 11.1. The molecule has 0 radical (unpaired) electrons.